The summed E-state index contributed by atoms with van der Waals surface area (Å²) >= 11 is 0. The van der Waals surface area contributed by atoms with Crippen molar-refractivity contribution in [3.8, 4) is 0 Å². The Balaban J connectivity index is 3.42. The van der Waals surface area contributed by atoms with Crippen LogP contribution in [0, 0.1) is 0 Å². The van der Waals surface area contributed by atoms with E-state index >= 15 is 0 Å². The highest BCUT2D eigenvalue weighted by atomic mass is 16.5. The lowest BCUT2D eigenvalue weighted by Gasteiger charge is -2.20. The molecule has 1 amide bonds. The molecule has 0 bridgehead atoms. The standard InChI is InChI=1S/C59H111NO5/c1-3-5-7-9-11-13-15-16-29-33-37-41-45-49-53-59(64)65-54-50-46-42-38-34-30-27-25-23-21-19-17-18-20-22-24-26-28-32-36-40-44-48-52-58(63)60-56(55-61)57(62)51-47-43-39-35-31-14-12-10-8-6-4-2/h15-16,20,22,47,51,56-57,61-62H,3-14,17-19,21,23-46,48-50,52-55H2,1-2H3,(H,60,63)/b16-15-,22-20-,51-47+. The van der Waals surface area contributed by atoms with Gasteiger partial charge in [-0.2, -0.15) is 0 Å². The van der Waals surface area contributed by atoms with Crippen molar-refractivity contribution in [2.45, 2.75) is 315 Å². The number of esters is 1. The largest absolute Gasteiger partial charge is 0.466 e. The highest BCUT2D eigenvalue weighted by Gasteiger charge is 2.18. The van der Waals surface area contributed by atoms with E-state index in [0.29, 0.717) is 19.4 Å². The van der Waals surface area contributed by atoms with E-state index in [1.807, 2.05) is 6.08 Å². The van der Waals surface area contributed by atoms with E-state index in [-0.39, 0.29) is 18.5 Å². The first kappa shape index (κ1) is 63.1. The molecule has 0 aromatic heterocycles. The number of carbonyl (C=O) groups is 2. The van der Waals surface area contributed by atoms with Crippen LogP contribution in [0.1, 0.15) is 303 Å². The van der Waals surface area contributed by atoms with Crippen LogP contribution in [0.4, 0.5) is 0 Å². The molecule has 3 N–H and O–H groups in total. The van der Waals surface area contributed by atoms with Gasteiger partial charge in [0.2, 0.25) is 5.91 Å². The van der Waals surface area contributed by atoms with Gasteiger partial charge < -0.3 is 20.3 Å². The molecule has 2 unspecified atom stereocenters. The van der Waals surface area contributed by atoms with Crippen LogP contribution in [0.15, 0.2) is 36.5 Å². The summed E-state index contributed by atoms with van der Waals surface area (Å²) in [6, 6.07) is -0.631. The Labute approximate surface area is 404 Å². The van der Waals surface area contributed by atoms with E-state index < -0.39 is 12.1 Å². The summed E-state index contributed by atoms with van der Waals surface area (Å²) in [7, 11) is 0. The van der Waals surface area contributed by atoms with E-state index in [0.717, 1.165) is 51.4 Å². The number of hydrogen-bond donors (Lipinski definition) is 3. The quantitative estimate of drug-likeness (QED) is 0.0321. The number of unbranched alkanes of at least 4 members (excludes halogenated alkanes) is 38. The van der Waals surface area contributed by atoms with Crippen molar-refractivity contribution < 1.29 is 24.5 Å². The van der Waals surface area contributed by atoms with E-state index in [2.05, 4.69) is 43.5 Å². The first-order valence-corrected chi connectivity index (χ1v) is 28.8. The fourth-order valence-corrected chi connectivity index (χ4v) is 8.68. The summed E-state index contributed by atoms with van der Waals surface area (Å²) in [6.45, 7) is 4.88. The first-order chi connectivity index (χ1) is 32.0. The summed E-state index contributed by atoms with van der Waals surface area (Å²) < 4.78 is 5.47. The third-order valence-corrected chi connectivity index (χ3v) is 13.1. The van der Waals surface area contributed by atoms with Crippen molar-refractivity contribution in [1.82, 2.24) is 5.32 Å². The van der Waals surface area contributed by atoms with Gasteiger partial charge in [0.05, 0.1) is 25.4 Å². The monoisotopic (exact) mass is 914 g/mol. The van der Waals surface area contributed by atoms with Crippen LogP contribution in [0.3, 0.4) is 0 Å². The Bertz CT molecular complexity index is 1060. The van der Waals surface area contributed by atoms with Crippen LogP contribution in [0.25, 0.3) is 0 Å². The predicted molar refractivity (Wildman–Crippen MR) is 283 cm³/mol. The van der Waals surface area contributed by atoms with Crippen molar-refractivity contribution in [1.29, 1.82) is 0 Å². The zero-order chi connectivity index (χ0) is 47.2. The first-order valence-electron chi connectivity index (χ1n) is 28.8. The smallest absolute Gasteiger partial charge is 0.305 e. The van der Waals surface area contributed by atoms with E-state index in [9.17, 15) is 19.8 Å². The molecule has 0 rings (SSSR count). The second-order valence-corrected chi connectivity index (χ2v) is 19.6. The maximum absolute atomic E-state index is 12.4. The molecule has 6 heteroatoms. The van der Waals surface area contributed by atoms with Crippen molar-refractivity contribution in [3.05, 3.63) is 36.5 Å². The maximum Gasteiger partial charge on any atom is 0.305 e. The van der Waals surface area contributed by atoms with Crippen LogP contribution in [-0.4, -0.2) is 47.4 Å². The zero-order valence-electron chi connectivity index (χ0n) is 43.5. The van der Waals surface area contributed by atoms with Gasteiger partial charge in [-0.3, -0.25) is 9.59 Å². The molecule has 0 heterocycles. The Morgan fingerprint density at radius 3 is 1.09 bits per heavy atom. The van der Waals surface area contributed by atoms with Crippen LogP contribution >= 0.6 is 0 Å². The van der Waals surface area contributed by atoms with Crippen LogP contribution in [-0.2, 0) is 14.3 Å². The predicted octanol–water partition coefficient (Wildman–Crippen LogP) is 17.6. The summed E-state index contributed by atoms with van der Waals surface area (Å²) in [5, 5.41) is 23.0. The number of ether oxygens (including phenoxy) is 1. The number of aliphatic hydroxyl groups excluding tert-OH is 2. The molecule has 6 nitrogen and oxygen atoms in total. The number of hydrogen-bond acceptors (Lipinski definition) is 5. The average Bonchev–Trinajstić information content (AvgIpc) is 3.31. The second kappa shape index (κ2) is 54.7. The van der Waals surface area contributed by atoms with Gasteiger partial charge in [0.1, 0.15) is 0 Å². The summed E-state index contributed by atoms with van der Waals surface area (Å²) in [5.74, 6) is -0.0738. The minimum absolute atomic E-state index is 0.00199. The number of rotatable bonds is 53. The molecule has 65 heavy (non-hydrogen) atoms. The Morgan fingerprint density at radius 1 is 0.415 bits per heavy atom. The average molecular weight is 915 g/mol. The number of aliphatic hydroxyl groups is 2. The van der Waals surface area contributed by atoms with Gasteiger partial charge in [-0.25, -0.2) is 0 Å². The molecule has 0 fully saturated rings. The van der Waals surface area contributed by atoms with Crippen LogP contribution < -0.4 is 5.32 Å². The molecule has 0 aromatic carbocycles. The third-order valence-electron chi connectivity index (χ3n) is 13.1. The lowest BCUT2D eigenvalue weighted by Crippen LogP contribution is -2.45. The molecule has 2 atom stereocenters. The molecule has 0 aliphatic heterocycles. The van der Waals surface area contributed by atoms with Crippen LogP contribution in [0.5, 0.6) is 0 Å². The third kappa shape index (κ3) is 51.3. The molecule has 0 aromatic rings. The van der Waals surface area contributed by atoms with Gasteiger partial charge >= 0.3 is 5.97 Å². The van der Waals surface area contributed by atoms with Crippen molar-refractivity contribution in [2.75, 3.05) is 13.2 Å². The van der Waals surface area contributed by atoms with Crippen molar-refractivity contribution in [2.24, 2.45) is 0 Å². The second-order valence-electron chi connectivity index (χ2n) is 19.6. The number of carbonyl (C=O) groups excluding carboxylic acids is 2. The summed E-state index contributed by atoms with van der Waals surface area (Å²) in [6.07, 6.45) is 67.4. The fourth-order valence-electron chi connectivity index (χ4n) is 8.68. The molecule has 0 saturated heterocycles. The Kier molecular flexibility index (Phi) is 53.1. The topological polar surface area (TPSA) is 95.9 Å². The van der Waals surface area contributed by atoms with Gasteiger partial charge in [-0.15, -0.1) is 0 Å². The fraction of sp³-hybridized carbons (Fsp3) is 0.864. The Hall–Kier alpha value is -1.92. The summed E-state index contributed by atoms with van der Waals surface area (Å²) in [4.78, 5) is 24.4. The molecular formula is C59H111NO5. The number of amides is 1. The highest BCUT2D eigenvalue weighted by Crippen LogP contribution is 2.16. The molecular weight excluding hydrogens is 803 g/mol. The zero-order valence-corrected chi connectivity index (χ0v) is 43.5. The molecule has 0 aliphatic rings. The van der Waals surface area contributed by atoms with E-state index in [1.54, 1.807) is 6.08 Å². The molecule has 0 radical (unpaired) electrons. The van der Waals surface area contributed by atoms with Gasteiger partial charge in [0.25, 0.3) is 0 Å². The lowest BCUT2D eigenvalue weighted by atomic mass is 10.0. The molecule has 0 aliphatic carbocycles. The van der Waals surface area contributed by atoms with Gasteiger partial charge in [-0.1, -0.05) is 243 Å². The minimum atomic E-state index is -0.847. The minimum Gasteiger partial charge on any atom is -0.466 e. The Morgan fingerprint density at radius 2 is 0.723 bits per heavy atom. The van der Waals surface area contributed by atoms with Crippen molar-refractivity contribution in [3.63, 3.8) is 0 Å². The number of nitrogens with one attached hydrogen (secondary N) is 1. The van der Waals surface area contributed by atoms with Crippen molar-refractivity contribution >= 4 is 11.9 Å². The summed E-state index contributed by atoms with van der Waals surface area (Å²) in [5.41, 5.74) is 0. The highest BCUT2D eigenvalue weighted by molar-refractivity contribution is 5.76. The van der Waals surface area contributed by atoms with Gasteiger partial charge in [0, 0.05) is 12.8 Å². The maximum atomic E-state index is 12.4. The SMILES string of the molecule is CCCCCCC/C=C\CCCCCCCC(=O)OCCCCCCCCCCCCCC/C=C\CCCCCCCCCC(=O)NC(CO)C(O)/C=C/CCCCCCCCCCC. The molecule has 0 saturated carbocycles. The van der Waals surface area contributed by atoms with Gasteiger partial charge in [0.15, 0.2) is 0 Å². The van der Waals surface area contributed by atoms with Gasteiger partial charge in [-0.05, 0) is 83.5 Å². The molecule has 0 spiro atoms. The lowest BCUT2D eigenvalue weighted by molar-refractivity contribution is -0.143. The normalized spacial score (nSPS) is 12.9. The molecule has 382 valence electrons. The number of allylic oxidation sites excluding steroid dienone is 5. The van der Waals surface area contributed by atoms with E-state index in [4.69, 9.17) is 4.74 Å². The van der Waals surface area contributed by atoms with Crippen LogP contribution in [0.2, 0.25) is 0 Å². The van der Waals surface area contributed by atoms with E-state index in [1.165, 1.54) is 225 Å².